The summed E-state index contributed by atoms with van der Waals surface area (Å²) in [4.78, 5) is 6.57. The highest BCUT2D eigenvalue weighted by Crippen LogP contribution is 2.09. The van der Waals surface area contributed by atoms with Gasteiger partial charge in [0.1, 0.15) is 12.2 Å². The summed E-state index contributed by atoms with van der Waals surface area (Å²) in [5, 5.41) is 4.25. The van der Waals surface area contributed by atoms with Gasteiger partial charge in [0.25, 0.3) is 0 Å². The van der Waals surface area contributed by atoms with Gasteiger partial charge in [-0.05, 0) is 39.8 Å². The first-order valence-electron chi connectivity index (χ1n) is 6.74. The van der Waals surface area contributed by atoms with Gasteiger partial charge in [-0.25, -0.2) is 9.67 Å². The Morgan fingerprint density at radius 3 is 2.56 bits per heavy atom. The maximum Gasteiger partial charge on any atom is 0.141 e. The van der Waals surface area contributed by atoms with E-state index >= 15 is 0 Å². The van der Waals surface area contributed by atoms with Crippen LogP contribution in [0.3, 0.4) is 0 Å². The molecule has 1 aromatic rings. The second kappa shape index (κ2) is 6.85. The summed E-state index contributed by atoms with van der Waals surface area (Å²) in [6.45, 7) is 10.4. The van der Waals surface area contributed by atoms with Crippen LogP contribution in [0.5, 0.6) is 0 Å². The molecule has 0 aliphatic heterocycles. The Balaban J connectivity index is 2.44. The monoisotopic (exact) mass is 253 g/mol. The molecule has 0 amide bonds. The highest BCUT2D eigenvalue weighted by Gasteiger charge is 2.12. The third kappa shape index (κ3) is 4.38. The molecule has 5 nitrogen and oxygen atoms in total. The quantitative estimate of drug-likeness (QED) is 0.803. The minimum Gasteiger partial charge on any atom is -0.327 e. The SMILES string of the molecule is CC(C)C(N)CCN(C)Cc1ncnn1C(C)C. The molecule has 0 aromatic carbocycles. The fraction of sp³-hybridized carbons (Fsp3) is 0.846. The van der Waals surface area contributed by atoms with Crippen molar-refractivity contribution in [1.82, 2.24) is 19.7 Å². The normalized spacial score (nSPS) is 13.8. The van der Waals surface area contributed by atoms with Gasteiger partial charge in [-0.3, -0.25) is 4.90 Å². The summed E-state index contributed by atoms with van der Waals surface area (Å²) < 4.78 is 1.97. The lowest BCUT2D eigenvalue weighted by Crippen LogP contribution is -2.32. The van der Waals surface area contributed by atoms with Crippen LogP contribution in [-0.2, 0) is 6.54 Å². The van der Waals surface area contributed by atoms with Crippen molar-refractivity contribution in [3.8, 4) is 0 Å². The van der Waals surface area contributed by atoms with Gasteiger partial charge >= 0.3 is 0 Å². The maximum atomic E-state index is 6.06. The molecule has 0 bridgehead atoms. The van der Waals surface area contributed by atoms with Crippen LogP contribution < -0.4 is 5.73 Å². The smallest absolute Gasteiger partial charge is 0.141 e. The van der Waals surface area contributed by atoms with E-state index in [-0.39, 0.29) is 6.04 Å². The average molecular weight is 253 g/mol. The Morgan fingerprint density at radius 2 is 2.00 bits per heavy atom. The van der Waals surface area contributed by atoms with E-state index in [1.54, 1.807) is 6.33 Å². The highest BCUT2D eigenvalue weighted by molar-refractivity contribution is 4.86. The Kier molecular flexibility index (Phi) is 5.75. The van der Waals surface area contributed by atoms with Crippen LogP contribution in [-0.4, -0.2) is 39.3 Å². The number of hydrogen-bond donors (Lipinski definition) is 1. The zero-order valence-electron chi connectivity index (χ0n) is 12.3. The van der Waals surface area contributed by atoms with Gasteiger partial charge < -0.3 is 5.73 Å². The summed E-state index contributed by atoms with van der Waals surface area (Å²) in [6.07, 6.45) is 2.65. The predicted octanol–water partition coefficient (Wildman–Crippen LogP) is 1.66. The summed E-state index contributed by atoms with van der Waals surface area (Å²) in [6, 6.07) is 0.629. The van der Waals surface area contributed by atoms with Gasteiger partial charge in [0.2, 0.25) is 0 Å². The average Bonchev–Trinajstić information content (AvgIpc) is 2.73. The van der Waals surface area contributed by atoms with E-state index in [1.807, 2.05) is 4.68 Å². The lowest BCUT2D eigenvalue weighted by Gasteiger charge is -2.21. The molecule has 104 valence electrons. The van der Waals surface area contributed by atoms with Gasteiger partial charge in [-0.1, -0.05) is 13.8 Å². The van der Waals surface area contributed by atoms with Crippen LogP contribution in [0.4, 0.5) is 0 Å². The van der Waals surface area contributed by atoms with E-state index in [1.165, 1.54) is 0 Å². The second-order valence-corrected chi connectivity index (χ2v) is 5.65. The largest absolute Gasteiger partial charge is 0.327 e. The van der Waals surface area contributed by atoms with Crippen LogP contribution in [0.2, 0.25) is 0 Å². The van der Waals surface area contributed by atoms with Gasteiger partial charge in [0.15, 0.2) is 0 Å². The predicted molar refractivity (Wildman–Crippen MR) is 74.2 cm³/mol. The van der Waals surface area contributed by atoms with Gasteiger partial charge in [0.05, 0.1) is 6.54 Å². The fourth-order valence-corrected chi connectivity index (χ4v) is 1.84. The molecular formula is C13H27N5. The zero-order chi connectivity index (χ0) is 13.7. The molecule has 1 aromatic heterocycles. The van der Waals surface area contributed by atoms with Crippen molar-refractivity contribution in [2.24, 2.45) is 11.7 Å². The van der Waals surface area contributed by atoms with Crippen molar-refractivity contribution in [1.29, 1.82) is 0 Å². The Hall–Kier alpha value is -0.940. The zero-order valence-corrected chi connectivity index (χ0v) is 12.3. The van der Waals surface area contributed by atoms with Gasteiger partial charge in [0, 0.05) is 12.1 Å². The molecule has 1 heterocycles. The maximum absolute atomic E-state index is 6.06. The molecule has 0 radical (unpaired) electrons. The van der Waals surface area contributed by atoms with Crippen LogP contribution >= 0.6 is 0 Å². The van der Waals surface area contributed by atoms with Crippen LogP contribution in [0, 0.1) is 5.92 Å². The molecule has 0 fully saturated rings. The molecule has 1 atom stereocenters. The second-order valence-electron chi connectivity index (χ2n) is 5.65. The van der Waals surface area contributed by atoms with Crippen molar-refractivity contribution in [2.45, 2.75) is 52.7 Å². The highest BCUT2D eigenvalue weighted by atomic mass is 15.4. The standard InChI is InChI=1S/C13H27N5/c1-10(2)12(14)6-7-17(5)8-13-15-9-16-18(13)11(3)4/h9-12H,6-8,14H2,1-5H3. The molecular weight excluding hydrogens is 226 g/mol. The number of aromatic nitrogens is 3. The molecule has 0 saturated carbocycles. The minimum absolute atomic E-state index is 0.274. The first-order chi connectivity index (χ1) is 8.41. The fourth-order valence-electron chi connectivity index (χ4n) is 1.84. The summed E-state index contributed by atoms with van der Waals surface area (Å²) in [7, 11) is 2.10. The van der Waals surface area contributed by atoms with Crippen molar-refractivity contribution in [3.63, 3.8) is 0 Å². The van der Waals surface area contributed by atoms with Crippen molar-refractivity contribution >= 4 is 0 Å². The number of nitrogens with two attached hydrogens (primary N) is 1. The summed E-state index contributed by atoms with van der Waals surface area (Å²) in [5.74, 6) is 1.56. The first-order valence-corrected chi connectivity index (χ1v) is 6.74. The number of hydrogen-bond acceptors (Lipinski definition) is 4. The Labute approximate surface area is 110 Å². The van der Waals surface area contributed by atoms with Gasteiger partial charge in [-0.2, -0.15) is 5.10 Å². The molecule has 5 heteroatoms. The summed E-state index contributed by atoms with van der Waals surface area (Å²) in [5.41, 5.74) is 6.06. The van der Waals surface area contributed by atoms with E-state index in [9.17, 15) is 0 Å². The molecule has 18 heavy (non-hydrogen) atoms. The van der Waals surface area contributed by atoms with Crippen molar-refractivity contribution in [2.75, 3.05) is 13.6 Å². The first kappa shape index (κ1) is 15.1. The lowest BCUT2D eigenvalue weighted by atomic mass is 10.0. The number of nitrogens with zero attached hydrogens (tertiary/aromatic N) is 4. The van der Waals surface area contributed by atoms with Gasteiger partial charge in [-0.15, -0.1) is 0 Å². The van der Waals surface area contributed by atoms with E-state index in [2.05, 4.69) is 49.7 Å². The molecule has 1 unspecified atom stereocenters. The Bertz CT molecular complexity index is 345. The van der Waals surface area contributed by atoms with E-state index in [0.717, 1.165) is 25.3 Å². The molecule has 0 saturated heterocycles. The number of rotatable bonds is 7. The van der Waals surface area contributed by atoms with Crippen LogP contribution in [0.25, 0.3) is 0 Å². The topological polar surface area (TPSA) is 60.0 Å². The van der Waals surface area contributed by atoms with Crippen LogP contribution in [0.15, 0.2) is 6.33 Å². The molecule has 1 rings (SSSR count). The molecule has 0 aliphatic carbocycles. The van der Waals surface area contributed by atoms with E-state index in [4.69, 9.17) is 5.73 Å². The molecule has 0 spiro atoms. The van der Waals surface area contributed by atoms with Crippen molar-refractivity contribution in [3.05, 3.63) is 12.2 Å². The third-order valence-electron chi connectivity index (χ3n) is 3.25. The van der Waals surface area contributed by atoms with Crippen molar-refractivity contribution < 1.29 is 0 Å². The molecule has 2 N–H and O–H groups in total. The minimum atomic E-state index is 0.274. The lowest BCUT2D eigenvalue weighted by molar-refractivity contribution is 0.281. The van der Waals surface area contributed by atoms with E-state index < -0.39 is 0 Å². The van der Waals surface area contributed by atoms with Crippen LogP contribution in [0.1, 0.15) is 46.0 Å². The van der Waals surface area contributed by atoms with E-state index in [0.29, 0.717) is 12.0 Å². The summed E-state index contributed by atoms with van der Waals surface area (Å²) >= 11 is 0. The third-order valence-corrected chi connectivity index (χ3v) is 3.25. The Morgan fingerprint density at radius 1 is 1.33 bits per heavy atom. The molecule has 0 aliphatic rings.